The van der Waals surface area contributed by atoms with Gasteiger partial charge in [0.2, 0.25) is 0 Å². The number of aromatic nitrogens is 2. The molecule has 0 amide bonds. The van der Waals surface area contributed by atoms with Crippen molar-refractivity contribution >= 4 is 39.1 Å². The van der Waals surface area contributed by atoms with Crippen LogP contribution >= 0.6 is 11.6 Å². The van der Waals surface area contributed by atoms with E-state index in [1.54, 1.807) is 36.2 Å². The van der Waals surface area contributed by atoms with Crippen LogP contribution in [-0.4, -0.2) is 79.4 Å². The topological polar surface area (TPSA) is 60.0 Å². The average Bonchev–Trinajstić information content (AvgIpc) is 3.51. The second-order valence-corrected chi connectivity index (χ2v) is 13.0. The Morgan fingerprint density at radius 2 is 1.93 bits per heavy atom. The molecular weight excluding hydrogens is 624 g/mol. The minimum Gasteiger partial charge on any atom is -0.468 e. The van der Waals surface area contributed by atoms with Gasteiger partial charge in [-0.2, -0.15) is 9.97 Å². The fourth-order valence-electron chi connectivity index (χ4n) is 7.34. The molecule has 1 aromatic heterocycles. The molecule has 0 bridgehead atoms. The van der Waals surface area contributed by atoms with Gasteiger partial charge in [0.25, 0.3) is 0 Å². The van der Waals surface area contributed by atoms with Gasteiger partial charge in [0.05, 0.1) is 16.6 Å². The van der Waals surface area contributed by atoms with E-state index in [1.165, 1.54) is 13.2 Å². The highest BCUT2D eigenvalue weighted by Crippen LogP contribution is 2.46. The van der Waals surface area contributed by atoms with Crippen molar-refractivity contribution < 1.29 is 31.8 Å². The summed E-state index contributed by atoms with van der Waals surface area (Å²) in [5, 5.41) is 1.45. The number of hydrogen-bond donors (Lipinski definition) is 0. The first kappa shape index (κ1) is 31.2. The monoisotopic (exact) mass is 658 g/mol. The van der Waals surface area contributed by atoms with E-state index in [0.717, 1.165) is 19.4 Å². The molecular formula is C34H35ClF4N4O3. The van der Waals surface area contributed by atoms with Crippen LogP contribution in [-0.2, 0) is 11.2 Å². The van der Waals surface area contributed by atoms with Gasteiger partial charge in [-0.25, -0.2) is 17.6 Å². The Labute approximate surface area is 269 Å². The largest absolute Gasteiger partial charge is 0.468 e. The Balaban J connectivity index is 1.41. The molecule has 3 heterocycles. The van der Waals surface area contributed by atoms with E-state index in [2.05, 4.69) is 14.9 Å². The third-order valence-electron chi connectivity index (χ3n) is 9.69. The van der Waals surface area contributed by atoms with E-state index in [1.807, 2.05) is 6.92 Å². The van der Waals surface area contributed by atoms with Gasteiger partial charge in [-0.3, -0.25) is 4.90 Å². The van der Waals surface area contributed by atoms with Gasteiger partial charge in [0.1, 0.15) is 41.9 Å². The maximum absolute atomic E-state index is 17.0. The first-order valence-electron chi connectivity index (χ1n) is 15.6. The molecule has 0 spiro atoms. The minimum absolute atomic E-state index is 0.00648. The number of halogens is 5. The third-order valence-corrected chi connectivity index (χ3v) is 9.99. The summed E-state index contributed by atoms with van der Waals surface area (Å²) in [6.07, 6.45) is 0.719. The van der Waals surface area contributed by atoms with Gasteiger partial charge < -0.3 is 19.1 Å². The smallest absolute Gasteiger partial charge is 0.319 e. The van der Waals surface area contributed by atoms with Gasteiger partial charge >= 0.3 is 6.01 Å². The molecule has 7 rings (SSSR count). The van der Waals surface area contributed by atoms with Gasteiger partial charge in [-0.15, -0.1) is 0 Å². The number of nitrogens with zero attached hydrogens (tertiary/aromatic N) is 4. The van der Waals surface area contributed by atoms with Crippen molar-refractivity contribution in [3.8, 4) is 22.9 Å². The molecule has 1 aliphatic carbocycles. The van der Waals surface area contributed by atoms with Gasteiger partial charge in [-0.1, -0.05) is 24.6 Å². The van der Waals surface area contributed by atoms with Crippen LogP contribution in [0.2, 0.25) is 5.02 Å². The summed E-state index contributed by atoms with van der Waals surface area (Å²) in [4.78, 5) is 12.9. The van der Waals surface area contributed by atoms with Crippen molar-refractivity contribution in [1.29, 1.82) is 0 Å². The standard InChI is InChI=1S/C34H35ClF4N4O3/c1-4-21-25(37)7-6-18-10-20(46-17-44-3)11-22(28(18)21)29-24(35)12-23-31(30(29)39)40-33(41-32(23)42(2)27-13-26(27)38)45-16-34-8-5-9-43(34)15-19(36)14-34/h6-7,10-12,19,26-27H,4-5,8-9,13-17H2,1-3H3/t19-,26+,27+,34+/m1/s1. The molecule has 2 saturated heterocycles. The maximum Gasteiger partial charge on any atom is 0.319 e. The van der Waals surface area contributed by atoms with E-state index in [-0.39, 0.29) is 46.7 Å². The molecule has 3 fully saturated rings. The molecule has 0 radical (unpaired) electrons. The van der Waals surface area contributed by atoms with Crippen molar-refractivity contribution in [3.63, 3.8) is 0 Å². The summed E-state index contributed by atoms with van der Waals surface area (Å²) in [5.41, 5.74) is 0.178. The number of aryl methyl sites for hydroxylation is 1. The average molecular weight is 659 g/mol. The lowest BCUT2D eigenvalue weighted by Gasteiger charge is -2.31. The van der Waals surface area contributed by atoms with E-state index >= 15 is 8.78 Å². The van der Waals surface area contributed by atoms with Gasteiger partial charge in [-0.05, 0) is 72.0 Å². The van der Waals surface area contributed by atoms with Crippen molar-refractivity contribution in [1.82, 2.24) is 14.9 Å². The third kappa shape index (κ3) is 5.30. The zero-order valence-electron chi connectivity index (χ0n) is 25.9. The normalized spacial score (nSPS) is 24.1. The Morgan fingerprint density at radius 1 is 1.13 bits per heavy atom. The van der Waals surface area contributed by atoms with Crippen LogP contribution in [0.15, 0.2) is 30.3 Å². The highest BCUT2D eigenvalue weighted by Gasteiger charge is 2.49. The van der Waals surface area contributed by atoms with Gasteiger partial charge in [0, 0.05) is 44.5 Å². The molecule has 12 heteroatoms. The van der Waals surface area contributed by atoms with Gasteiger partial charge in [0.15, 0.2) is 12.6 Å². The van der Waals surface area contributed by atoms with Crippen LogP contribution in [0.25, 0.3) is 32.8 Å². The number of fused-ring (bicyclic) bond motifs is 3. The first-order valence-corrected chi connectivity index (χ1v) is 16.0. The Bertz CT molecular complexity index is 1830. The second kappa shape index (κ2) is 12.0. The number of anilines is 1. The van der Waals surface area contributed by atoms with Crippen LogP contribution in [0.5, 0.6) is 11.8 Å². The second-order valence-electron chi connectivity index (χ2n) is 12.6. The molecule has 2 aliphatic heterocycles. The molecule has 7 nitrogen and oxygen atoms in total. The predicted octanol–water partition coefficient (Wildman–Crippen LogP) is 7.43. The van der Waals surface area contributed by atoms with E-state index in [0.29, 0.717) is 53.5 Å². The number of benzene rings is 3. The molecule has 3 aromatic carbocycles. The predicted molar refractivity (Wildman–Crippen MR) is 170 cm³/mol. The molecule has 3 aliphatic rings. The zero-order chi connectivity index (χ0) is 32.3. The van der Waals surface area contributed by atoms with Crippen molar-refractivity contribution in [2.75, 3.05) is 45.5 Å². The lowest BCUT2D eigenvalue weighted by atomic mass is 9.92. The molecule has 4 atom stereocenters. The SMILES string of the molecule is CCc1c(F)ccc2cc(OCOC)cc(-c3c(Cl)cc4c(N(C)[C@H]5C[C@@H]5F)nc(OC[C@@]56CCCN5C[C@H](F)C6)nc4c3F)c12. The number of rotatable bonds is 10. The number of alkyl halides is 2. The Morgan fingerprint density at radius 3 is 2.67 bits per heavy atom. The number of hydrogen-bond acceptors (Lipinski definition) is 7. The number of methoxy groups -OCH3 is 1. The van der Waals surface area contributed by atoms with Crippen molar-refractivity contribution in [3.05, 3.63) is 52.6 Å². The molecule has 1 saturated carbocycles. The Hall–Kier alpha value is -3.41. The molecule has 0 N–H and O–H groups in total. The van der Waals surface area contributed by atoms with E-state index in [9.17, 15) is 8.78 Å². The molecule has 244 valence electrons. The fraction of sp³-hybridized carbons (Fsp3) is 0.471. The summed E-state index contributed by atoms with van der Waals surface area (Å²) in [6, 6.07) is 7.36. The lowest BCUT2D eigenvalue weighted by molar-refractivity contribution is 0.0512. The minimum atomic E-state index is -1.05. The zero-order valence-corrected chi connectivity index (χ0v) is 26.6. The number of ether oxygens (including phenoxy) is 3. The van der Waals surface area contributed by atoms with Crippen LogP contribution in [0, 0.1) is 11.6 Å². The molecule has 4 aromatic rings. The lowest BCUT2D eigenvalue weighted by Crippen LogP contribution is -2.43. The summed E-state index contributed by atoms with van der Waals surface area (Å²) >= 11 is 6.88. The maximum atomic E-state index is 17.0. The quantitative estimate of drug-likeness (QED) is 0.130. The Kier molecular flexibility index (Phi) is 8.13. The molecule has 0 unspecified atom stereocenters. The molecule has 46 heavy (non-hydrogen) atoms. The van der Waals surface area contributed by atoms with Crippen LogP contribution < -0.4 is 14.4 Å². The summed E-state index contributed by atoms with van der Waals surface area (Å²) < 4.78 is 77.8. The summed E-state index contributed by atoms with van der Waals surface area (Å²) in [7, 11) is 3.18. The van der Waals surface area contributed by atoms with Crippen LogP contribution in [0.3, 0.4) is 0 Å². The van der Waals surface area contributed by atoms with E-state index < -0.39 is 35.6 Å². The summed E-state index contributed by atoms with van der Waals surface area (Å²) in [6.45, 7) is 3.05. The highest BCUT2D eigenvalue weighted by molar-refractivity contribution is 6.35. The van der Waals surface area contributed by atoms with Crippen LogP contribution in [0.1, 0.15) is 38.2 Å². The first-order chi connectivity index (χ1) is 22.1. The van der Waals surface area contributed by atoms with E-state index in [4.69, 9.17) is 25.8 Å². The summed E-state index contributed by atoms with van der Waals surface area (Å²) in [5.74, 6) is -0.533. The fourth-order valence-corrected chi connectivity index (χ4v) is 7.63. The highest BCUT2D eigenvalue weighted by atomic mass is 35.5. The van der Waals surface area contributed by atoms with Crippen LogP contribution in [0.4, 0.5) is 23.4 Å². The van der Waals surface area contributed by atoms with Crippen molar-refractivity contribution in [2.45, 2.75) is 63.0 Å². The van der Waals surface area contributed by atoms with Crippen molar-refractivity contribution in [2.24, 2.45) is 0 Å².